The van der Waals surface area contributed by atoms with E-state index in [1.807, 2.05) is 12.1 Å². The van der Waals surface area contributed by atoms with Gasteiger partial charge in [-0.3, -0.25) is 0 Å². The number of nitrogens with zero attached hydrogens (tertiary/aromatic N) is 2. The number of benzene rings is 10. The van der Waals surface area contributed by atoms with Crippen molar-refractivity contribution in [2.75, 3.05) is 0 Å². The molecular formula is C65H40N2O. The van der Waals surface area contributed by atoms with Gasteiger partial charge in [-0.25, -0.2) is 9.97 Å². The fourth-order valence-corrected chi connectivity index (χ4v) is 11.3. The SMILES string of the molecule is c1ccc(-c2cc(-c3ccccc3)cc(-c3nc(-c4ccc5c(c4)C4(c6ccccc6-c6ccccc6-c6ccccc64)c4ccccc4-5)cc(-c4ccc5c(c4)oc4ccccc45)n3)c2)cc1. The number of fused-ring (bicyclic) bond motifs is 15. The van der Waals surface area contributed by atoms with Crippen LogP contribution in [-0.2, 0) is 5.41 Å². The molecule has 3 nitrogen and oxygen atoms in total. The highest BCUT2D eigenvalue weighted by molar-refractivity contribution is 6.06. The van der Waals surface area contributed by atoms with Crippen LogP contribution in [0.15, 0.2) is 247 Å². The molecule has 2 aliphatic carbocycles. The molecule has 0 saturated heterocycles. The monoisotopic (exact) mass is 864 g/mol. The van der Waals surface area contributed by atoms with E-state index in [1.54, 1.807) is 0 Å². The minimum Gasteiger partial charge on any atom is -0.456 e. The molecule has 12 aromatic rings. The maximum absolute atomic E-state index is 6.47. The molecule has 68 heavy (non-hydrogen) atoms. The third kappa shape index (κ3) is 5.79. The highest BCUT2D eigenvalue weighted by Crippen LogP contribution is 2.61. The van der Waals surface area contributed by atoms with E-state index in [9.17, 15) is 0 Å². The molecule has 0 fully saturated rings. The summed E-state index contributed by atoms with van der Waals surface area (Å²) in [5.41, 5.74) is 22.6. The molecule has 0 bridgehead atoms. The van der Waals surface area contributed by atoms with Crippen molar-refractivity contribution in [3.8, 4) is 89.5 Å². The van der Waals surface area contributed by atoms with Crippen molar-refractivity contribution >= 4 is 21.9 Å². The van der Waals surface area contributed by atoms with Crippen LogP contribution >= 0.6 is 0 Å². The Morgan fingerprint density at radius 3 is 1.31 bits per heavy atom. The Kier molecular flexibility index (Phi) is 8.50. The summed E-state index contributed by atoms with van der Waals surface area (Å²) >= 11 is 0. The van der Waals surface area contributed by atoms with Crippen LogP contribution in [-0.4, -0.2) is 9.97 Å². The predicted octanol–water partition coefficient (Wildman–Crippen LogP) is 16.7. The zero-order valence-electron chi connectivity index (χ0n) is 36.9. The first-order valence-electron chi connectivity index (χ1n) is 23.3. The lowest BCUT2D eigenvalue weighted by Crippen LogP contribution is -2.29. The topological polar surface area (TPSA) is 38.9 Å². The van der Waals surface area contributed by atoms with Crippen LogP contribution in [0.2, 0.25) is 0 Å². The van der Waals surface area contributed by atoms with Gasteiger partial charge < -0.3 is 4.42 Å². The standard InChI is InChI=1S/C65H40N2O/c1-3-17-41(18-4-1)45-35-46(42-19-5-2-6-20-42)37-47(36-45)64-66-60(40-61(67-64)44-32-34-55-54-26-12-16-30-62(54)68-63(55)39-44)43-31-33-53-52-25-11-15-29-58(52)65(59(53)38-43)56-27-13-9-23-50(56)48-21-7-8-22-49(48)51-24-10-14-28-57(51)65/h1-40H. The number of rotatable bonds is 5. The third-order valence-corrected chi connectivity index (χ3v) is 14.3. The van der Waals surface area contributed by atoms with Crippen molar-refractivity contribution in [2.24, 2.45) is 0 Å². The summed E-state index contributed by atoms with van der Waals surface area (Å²) in [6.45, 7) is 0. The summed E-state index contributed by atoms with van der Waals surface area (Å²) in [7, 11) is 0. The molecule has 0 saturated carbocycles. The Balaban J connectivity index is 1.03. The molecule has 2 aromatic heterocycles. The van der Waals surface area contributed by atoms with Crippen LogP contribution in [0, 0.1) is 0 Å². The molecule has 2 aliphatic rings. The normalized spacial score (nSPS) is 12.8. The molecule has 0 N–H and O–H groups in total. The van der Waals surface area contributed by atoms with E-state index in [-0.39, 0.29) is 0 Å². The fraction of sp³-hybridized carbons (Fsp3) is 0.0154. The number of hydrogen-bond acceptors (Lipinski definition) is 3. The van der Waals surface area contributed by atoms with Crippen LogP contribution in [0.25, 0.3) is 111 Å². The van der Waals surface area contributed by atoms with Crippen molar-refractivity contribution in [1.29, 1.82) is 0 Å². The summed E-state index contributed by atoms with van der Waals surface area (Å²) in [6, 6.07) is 87.8. The average molecular weight is 865 g/mol. The largest absolute Gasteiger partial charge is 0.456 e. The Hall–Kier alpha value is -8.92. The van der Waals surface area contributed by atoms with Gasteiger partial charge in [-0.1, -0.05) is 194 Å². The van der Waals surface area contributed by atoms with E-state index in [1.165, 1.54) is 55.6 Å². The first-order chi connectivity index (χ1) is 33.7. The Labute approximate surface area is 394 Å². The molecule has 0 aliphatic heterocycles. The van der Waals surface area contributed by atoms with E-state index in [0.29, 0.717) is 5.82 Å². The third-order valence-electron chi connectivity index (χ3n) is 14.3. The van der Waals surface area contributed by atoms with Gasteiger partial charge in [-0.2, -0.15) is 0 Å². The maximum Gasteiger partial charge on any atom is 0.160 e. The first kappa shape index (κ1) is 38.4. The van der Waals surface area contributed by atoms with Gasteiger partial charge in [0.2, 0.25) is 0 Å². The number of para-hydroxylation sites is 1. The van der Waals surface area contributed by atoms with Gasteiger partial charge >= 0.3 is 0 Å². The fourth-order valence-electron chi connectivity index (χ4n) is 11.3. The van der Waals surface area contributed by atoms with Crippen molar-refractivity contribution < 1.29 is 4.42 Å². The molecule has 1 spiro atoms. The van der Waals surface area contributed by atoms with Crippen molar-refractivity contribution in [3.05, 3.63) is 265 Å². The van der Waals surface area contributed by atoms with Crippen LogP contribution < -0.4 is 0 Å². The maximum atomic E-state index is 6.47. The van der Waals surface area contributed by atoms with Crippen molar-refractivity contribution in [3.63, 3.8) is 0 Å². The molecule has 0 unspecified atom stereocenters. The van der Waals surface area contributed by atoms with Crippen LogP contribution in [0.4, 0.5) is 0 Å². The minimum atomic E-state index is -0.617. The summed E-state index contributed by atoms with van der Waals surface area (Å²) in [5, 5.41) is 2.18. The quantitative estimate of drug-likeness (QED) is 0.173. The summed E-state index contributed by atoms with van der Waals surface area (Å²) < 4.78 is 6.47. The van der Waals surface area contributed by atoms with Gasteiger partial charge in [0.25, 0.3) is 0 Å². The molecule has 0 radical (unpaired) electrons. The average Bonchev–Trinajstić information content (AvgIpc) is 3.90. The second-order valence-electron chi connectivity index (χ2n) is 18.0. The first-order valence-corrected chi connectivity index (χ1v) is 23.3. The van der Waals surface area contributed by atoms with E-state index in [2.05, 4.69) is 231 Å². The Morgan fingerprint density at radius 2 is 0.706 bits per heavy atom. The summed E-state index contributed by atoms with van der Waals surface area (Å²) in [6.07, 6.45) is 0. The van der Waals surface area contributed by atoms with Crippen molar-refractivity contribution in [2.45, 2.75) is 5.41 Å². The van der Waals surface area contributed by atoms with Crippen LogP contribution in [0.1, 0.15) is 22.3 Å². The lowest BCUT2D eigenvalue weighted by atomic mass is 9.65. The summed E-state index contributed by atoms with van der Waals surface area (Å²) in [5.74, 6) is 0.649. The van der Waals surface area contributed by atoms with Gasteiger partial charge in [0, 0.05) is 27.5 Å². The zero-order chi connectivity index (χ0) is 44.8. The number of aromatic nitrogens is 2. The highest BCUT2D eigenvalue weighted by atomic mass is 16.3. The molecule has 316 valence electrons. The molecule has 10 aromatic carbocycles. The predicted molar refractivity (Wildman–Crippen MR) is 278 cm³/mol. The van der Waals surface area contributed by atoms with Crippen LogP contribution in [0.5, 0.6) is 0 Å². The molecular weight excluding hydrogens is 825 g/mol. The lowest BCUT2D eigenvalue weighted by molar-refractivity contribution is 0.669. The van der Waals surface area contributed by atoms with E-state index in [0.717, 1.165) is 72.3 Å². The van der Waals surface area contributed by atoms with E-state index in [4.69, 9.17) is 14.4 Å². The van der Waals surface area contributed by atoms with E-state index >= 15 is 0 Å². The highest BCUT2D eigenvalue weighted by Gasteiger charge is 2.49. The summed E-state index contributed by atoms with van der Waals surface area (Å²) in [4.78, 5) is 11.0. The Bertz CT molecular complexity index is 3850. The molecule has 0 atom stereocenters. The number of hydrogen-bond donors (Lipinski definition) is 0. The van der Waals surface area contributed by atoms with E-state index < -0.39 is 5.41 Å². The molecule has 0 amide bonds. The lowest BCUT2D eigenvalue weighted by Gasteiger charge is -2.35. The van der Waals surface area contributed by atoms with Gasteiger partial charge in [0.05, 0.1) is 16.8 Å². The van der Waals surface area contributed by atoms with Gasteiger partial charge in [-0.15, -0.1) is 0 Å². The number of furan rings is 1. The zero-order valence-corrected chi connectivity index (χ0v) is 36.9. The molecule has 3 heteroatoms. The smallest absolute Gasteiger partial charge is 0.160 e. The molecule has 14 rings (SSSR count). The second-order valence-corrected chi connectivity index (χ2v) is 18.0. The second kappa shape index (κ2) is 15.1. The Morgan fingerprint density at radius 1 is 0.265 bits per heavy atom. The minimum absolute atomic E-state index is 0.617. The molecule has 2 heterocycles. The van der Waals surface area contributed by atoms with Crippen LogP contribution in [0.3, 0.4) is 0 Å². The van der Waals surface area contributed by atoms with Gasteiger partial charge in [0.1, 0.15) is 11.2 Å². The van der Waals surface area contributed by atoms with Gasteiger partial charge in [-0.05, 0) is 126 Å². The van der Waals surface area contributed by atoms with Gasteiger partial charge in [0.15, 0.2) is 5.82 Å². The van der Waals surface area contributed by atoms with Crippen molar-refractivity contribution in [1.82, 2.24) is 9.97 Å².